The van der Waals surface area contributed by atoms with E-state index in [-0.39, 0.29) is 11.9 Å². The van der Waals surface area contributed by atoms with Crippen LogP contribution in [-0.4, -0.2) is 47.8 Å². The van der Waals surface area contributed by atoms with E-state index in [4.69, 9.17) is 9.47 Å². The number of hydrogen-bond donors (Lipinski definition) is 0. The summed E-state index contributed by atoms with van der Waals surface area (Å²) in [6, 6.07) is 16.7. The highest BCUT2D eigenvalue weighted by Crippen LogP contribution is 2.34. The third-order valence-electron chi connectivity index (χ3n) is 5.60. The van der Waals surface area contributed by atoms with Crippen molar-refractivity contribution in [1.82, 2.24) is 9.47 Å². The zero-order valence-corrected chi connectivity index (χ0v) is 20.5. The molecule has 1 amide bonds. The first-order valence-electron chi connectivity index (χ1n) is 10.6. The lowest BCUT2D eigenvalue weighted by molar-refractivity contribution is -0.121. The van der Waals surface area contributed by atoms with Gasteiger partial charge in [0.05, 0.1) is 30.4 Å². The number of methoxy groups -OCH3 is 2. The van der Waals surface area contributed by atoms with Crippen molar-refractivity contribution in [3.63, 3.8) is 0 Å². The van der Waals surface area contributed by atoms with Crippen molar-refractivity contribution in [3.8, 4) is 11.4 Å². The zero-order valence-electron chi connectivity index (χ0n) is 19.7. The largest absolute Gasteiger partial charge is 0.497 e. The topological polar surface area (TPSA) is 73.1 Å². The second-order valence-electron chi connectivity index (χ2n) is 7.77. The Labute approximate surface area is 202 Å². The third-order valence-corrected chi connectivity index (χ3v) is 6.66. The summed E-state index contributed by atoms with van der Waals surface area (Å²) in [4.78, 5) is 31.4. The molecule has 2 heterocycles. The molecule has 1 saturated heterocycles. The number of hydrogen-bond acceptors (Lipinski definition) is 6. The molecule has 0 aliphatic carbocycles. The number of aryl methyl sites for hydroxylation is 1. The van der Waals surface area contributed by atoms with Crippen LogP contribution in [0, 0.1) is 13.8 Å². The van der Waals surface area contributed by atoms with Crippen molar-refractivity contribution in [2.24, 2.45) is 4.99 Å². The Bertz CT molecular complexity index is 1310. The van der Waals surface area contributed by atoms with E-state index in [1.807, 2.05) is 62.4 Å². The molecule has 7 nitrogen and oxygen atoms in total. The van der Waals surface area contributed by atoms with Crippen LogP contribution in [0.25, 0.3) is 11.8 Å². The maximum absolute atomic E-state index is 12.9. The van der Waals surface area contributed by atoms with Gasteiger partial charge in [-0.05, 0) is 91.8 Å². The molecule has 0 atom stereocenters. The summed E-state index contributed by atoms with van der Waals surface area (Å²) in [5, 5.41) is 0.619. The molecule has 0 radical (unpaired) electrons. The van der Waals surface area contributed by atoms with Crippen LogP contribution in [0.15, 0.2) is 64.5 Å². The molecule has 34 heavy (non-hydrogen) atoms. The highest BCUT2D eigenvalue weighted by atomic mass is 32.2. The Morgan fingerprint density at radius 2 is 1.71 bits per heavy atom. The lowest BCUT2D eigenvalue weighted by Gasteiger charge is -2.10. The monoisotopic (exact) mass is 475 g/mol. The smallest absolute Gasteiger partial charge is 0.337 e. The highest BCUT2D eigenvalue weighted by Gasteiger charge is 2.30. The minimum absolute atomic E-state index is 0.0931. The number of nitrogens with zero attached hydrogens (tertiary/aromatic N) is 3. The highest BCUT2D eigenvalue weighted by molar-refractivity contribution is 8.18. The number of carbonyl (C=O) groups excluding carboxylic acids is 2. The van der Waals surface area contributed by atoms with Crippen molar-refractivity contribution >= 4 is 40.6 Å². The number of benzene rings is 2. The average molecular weight is 476 g/mol. The number of rotatable bonds is 5. The number of amidine groups is 1. The Balaban J connectivity index is 1.62. The molecule has 2 aromatic carbocycles. The van der Waals surface area contributed by atoms with E-state index in [1.165, 1.54) is 18.9 Å². The summed E-state index contributed by atoms with van der Waals surface area (Å²) in [5.74, 6) is 0.291. The van der Waals surface area contributed by atoms with Crippen LogP contribution < -0.4 is 4.74 Å². The molecule has 0 bridgehead atoms. The van der Waals surface area contributed by atoms with Gasteiger partial charge in [-0.2, -0.15) is 0 Å². The summed E-state index contributed by atoms with van der Waals surface area (Å²) in [6.45, 7) is 4.02. The number of thioether (sulfide) groups is 1. The van der Waals surface area contributed by atoms with Gasteiger partial charge in [-0.3, -0.25) is 9.69 Å². The Morgan fingerprint density at radius 3 is 2.32 bits per heavy atom. The molecule has 0 N–H and O–H groups in total. The summed E-state index contributed by atoms with van der Waals surface area (Å²) in [6.07, 6.45) is 1.90. The fraction of sp³-hybridized carbons (Fsp3) is 0.192. The van der Waals surface area contributed by atoms with E-state index in [1.54, 1.807) is 31.2 Å². The maximum Gasteiger partial charge on any atom is 0.337 e. The molecule has 1 aliphatic heterocycles. The zero-order chi connectivity index (χ0) is 24.4. The van der Waals surface area contributed by atoms with E-state index in [0.717, 1.165) is 34.1 Å². The van der Waals surface area contributed by atoms with E-state index in [9.17, 15) is 9.59 Å². The number of carbonyl (C=O) groups is 2. The second kappa shape index (κ2) is 9.61. The van der Waals surface area contributed by atoms with Crippen molar-refractivity contribution in [2.45, 2.75) is 13.8 Å². The van der Waals surface area contributed by atoms with Crippen LogP contribution in [0.2, 0.25) is 0 Å². The fourth-order valence-corrected chi connectivity index (χ4v) is 4.73. The maximum atomic E-state index is 12.9. The van der Waals surface area contributed by atoms with Gasteiger partial charge in [-0.1, -0.05) is 0 Å². The predicted octanol–water partition coefficient (Wildman–Crippen LogP) is 5.12. The molecule has 3 aromatic rings. The molecule has 0 unspecified atom stereocenters. The van der Waals surface area contributed by atoms with Crippen molar-refractivity contribution in [3.05, 3.63) is 82.0 Å². The average Bonchev–Trinajstić information content (AvgIpc) is 3.28. The van der Waals surface area contributed by atoms with Gasteiger partial charge in [-0.15, -0.1) is 0 Å². The lowest BCUT2D eigenvalue weighted by atomic mass is 10.2. The van der Waals surface area contributed by atoms with Gasteiger partial charge in [0.1, 0.15) is 5.75 Å². The van der Waals surface area contributed by atoms with Gasteiger partial charge in [0.2, 0.25) is 0 Å². The van der Waals surface area contributed by atoms with Gasteiger partial charge in [-0.25, -0.2) is 9.79 Å². The van der Waals surface area contributed by atoms with E-state index in [0.29, 0.717) is 15.6 Å². The van der Waals surface area contributed by atoms with Crippen molar-refractivity contribution in [1.29, 1.82) is 0 Å². The predicted molar refractivity (Wildman–Crippen MR) is 135 cm³/mol. The SMILES string of the molecule is COC(=O)c1ccc(-n2c(C)cc(/C=C3\SC(=Nc4ccc(OC)cc4)N(C)C3=O)c2C)cc1. The Kier molecular flexibility index (Phi) is 6.61. The number of aliphatic imine (C=N–C) groups is 1. The van der Waals surface area contributed by atoms with Crippen molar-refractivity contribution < 1.29 is 19.1 Å². The number of likely N-dealkylation sites (N-methyl/N-ethyl adjacent to an activating group) is 1. The van der Waals surface area contributed by atoms with E-state index < -0.39 is 0 Å². The number of ether oxygens (including phenoxy) is 2. The van der Waals surface area contributed by atoms with Crippen LogP contribution in [0.3, 0.4) is 0 Å². The summed E-state index contributed by atoms with van der Waals surface area (Å²) in [7, 11) is 4.71. The lowest BCUT2D eigenvalue weighted by Crippen LogP contribution is -2.23. The summed E-state index contributed by atoms with van der Waals surface area (Å²) in [5.41, 5.74) is 5.13. The van der Waals surface area contributed by atoms with Gasteiger partial charge < -0.3 is 14.0 Å². The molecule has 1 aromatic heterocycles. The molecular formula is C26H25N3O4S. The van der Waals surface area contributed by atoms with Gasteiger partial charge in [0, 0.05) is 24.1 Å². The van der Waals surface area contributed by atoms with Crippen LogP contribution >= 0.6 is 11.8 Å². The fourth-order valence-electron chi connectivity index (χ4n) is 3.76. The van der Waals surface area contributed by atoms with Crippen LogP contribution in [0.4, 0.5) is 5.69 Å². The van der Waals surface area contributed by atoms with Gasteiger partial charge in [0.15, 0.2) is 5.17 Å². The first-order valence-corrected chi connectivity index (χ1v) is 11.4. The molecule has 4 rings (SSSR count). The quantitative estimate of drug-likeness (QED) is 0.378. The Hall–Kier alpha value is -3.78. The first-order chi connectivity index (χ1) is 16.3. The van der Waals surface area contributed by atoms with Crippen LogP contribution in [0.1, 0.15) is 27.3 Å². The summed E-state index contributed by atoms with van der Waals surface area (Å²) < 4.78 is 12.1. The molecular weight excluding hydrogens is 450 g/mol. The minimum Gasteiger partial charge on any atom is -0.497 e. The van der Waals surface area contributed by atoms with Crippen LogP contribution in [-0.2, 0) is 9.53 Å². The van der Waals surface area contributed by atoms with Gasteiger partial charge >= 0.3 is 5.97 Å². The van der Waals surface area contributed by atoms with Crippen LogP contribution in [0.5, 0.6) is 5.75 Å². The first kappa shape index (κ1) is 23.4. The molecule has 8 heteroatoms. The van der Waals surface area contributed by atoms with Gasteiger partial charge in [0.25, 0.3) is 5.91 Å². The molecule has 0 saturated carbocycles. The van der Waals surface area contributed by atoms with E-state index in [2.05, 4.69) is 9.56 Å². The minimum atomic E-state index is -0.370. The third kappa shape index (κ3) is 4.49. The summed E-state index contributed by atoms with van der Waals surface area (Å²) >= 11 is 1.35. The second-order valence-corrected chi connectivity index (χ2v) is 8.78. The number of esters is 1. The van der Waals surface area contributed by atoms with E-state index >= 15 is 0 Å². The van der Waals surface area contributed by atoms with Crippen molar-refractivity contribution in [2.75, 3.05) is 21.3 Å². The molecule has 0 spiro atoms. The Morgan fingerprint density at radius 1 is 1.03 bits per heavy atom. The number of aromatic nitrogens is 1. The number of amides is 1. The normalized spacial score (nSPS) is 15.9. The molecule has 1 fully saturated rings. The molecule has 174 valence electrons. The standard InChI is InChI=1S/C26H25N3O4S/c1-16-14-19(17(2)29(16)21-10-6-18(7-11-21)25(31)33-5)15-23-24(30)28(3)26(34-23)27-20-8-12-22(32-4)13-9-20/h6-15H,1-5H3/b23-15-,27-26?. The molecule has 1 aliphatic rings.